The van der Waals surface area contributed by atoms with E-state index >= 15 is 0 Å². The maximum absolute atomic E-state index is 12.9. The molecule has 1 fully saturated rings. The van der Waals surface area contributed by atoms with E-state index < -0.39 is 6.04 Å². The first-order valence-corrected chi connectivity index (χ1v) is 8.92. The zero-order valence-electron chi connectivity index (χ0n) is 15.0. The molecule has 2 amide bonds. The Labute approximate surface area is 148 Å². The largest absolute Gasteiger partial charge is 0.346 e. The maximum atomic E-state index is 12.9. The number of carbonyl (C=O) groups excluding carboxylic acids is 2. The summed E-state index contributed by atoms with van der Waals surface area (Å²) < 4.78 is 12.9. The van der Waals surface area contributed by atoms with E-state index in [1.807, 2.05) is 26.0 Å². The molecule has 2 rings (SSSR count). The number of nitrogens with two attached hydrogens (primary N) is 1. The summed E-state index contributed by atoms with van der Waals surface area (Å²) in [5.41, 5.74) is 6.89. The van der Waals surface area contributed by atoms with Gasteiger partial charge in [0, 0.05) is 13.1 Å². The van der Waals surface area contributed by atoms with Crippen LogP contribution in [0.3, 0.4) is 0 Å². The highest BCUT2D eigenvalue weighted by Crippen LogP contribution is 2.21. The van der Waals surface area contributed by atoms with Crippen LogP contribution in [0.15, 0.2) is 24.3 Å². The monoisotopic (exact) mass is 349 g/mol. The number of hydrogen-bond acceptors (Lipinski definition) is 3. The van der Waals surface area contributed by atoms with E-state index in [1.165, 1.54) is 12.1 Å². The van der Waals surface area contributed by atoms with Gasteiger partial charge in [0.15, 0.2) is 0 Å². The van der Waals surface area contributed by atoms with Crippen molar-refractivity contribution in [1.29, 1.82) is 0 Å². The second-order valence-electron chi connectivity index (χ2n) is 7.14. The Hall–Kier alpha value is -1.95. The summed E-state index contributed by atoms with van der Waals surface area (Å²) in [4.78, 5) is 25.8. The third kappa shape index (κ3) is 5.81. The van der Waals surface area contributed by atoms with E-state index in [4.69, 9.17) is 5.73 Å². The molecule has 1 aromatic rings. The molecule has 3 N–H and O–H groups in total. The highest BCUT2D eigenvalue weighted by Gasteiger charge is 2.24. The Morgan fingerprint density at radius 2 is 1.84 bits per heavy atom. The summed E-state index contributed by atoms with van der Waals surface area (Å²) in [5.74, 6) is -0.0294. The van der Waals surface area contributed by atoms with E-state index in [2.05, 4.69) is 5.32 Å². The molecular formula is C19H28FN3O2. The van der Waals surface area contributed by atoms with Crippen molar-refractivity contribution in [2.24, 2.45) is 17.6 Å². The van der Waals surface area contributed by atoms with Crippen molar-refractivity contribution in [2.75, 3.05) is 19.6 Å². The highest BCUT2D eigenvalue weighted by molar-refractivity contribution is 5.87. The van der Waals surface area contributed by atoms with Crippen LogP contribution in [0.25, 0.3) is 0 Å². The molecule has 1 atom stereocenters. The van der Waals surface area contributed by atoms with Crippen molar-refractivity contribution >= 4 is 11.8 Å². The van der Waals surface area contributed by atoms with Crippen molar-refractivity contribution in [3.05, 3.63) is 35.6 Å². The van der Waals surface area contributed by atoms with Gasteiger partial charge < -0.3 is 16.0 Å². The van der Waals surface area contributed by atoms with Gasteiger partial charge in [0.1, 0.15) is 5.82 Å². The van der Waals surface area contributed by atoms with Crippen LogP contribution in [0.2, 0.25) is 0 Å². The van der Waals surface area contributed by atoms with Crippen LogP contribution in [-0.2, 0) is 16.0 Å². The molecule has 1 aromatic carbocycles. The molecule has 1 aliphatic rings. The lowest BCUT2D eigenvalue weighted by Crippen LogP contribution is -2.49. The maximum Gasteiger partial charge on any atom is 0.241 e. The molecule has 1 saturated heterocycles. The Balaban J connectivity index is 1.73. The number of amides is 2. The number of carbonyl (C=O) groups is 2. The molecule has 0 aromatic heterocycles. The van der Waals surface area contributed by atoms with E-state index in [0.717, 1.165) is 24.8 Å². The van der Waals surface area contributed by atoms with Gasteiger partial charge in [-0.25, -0.2) is 4.39 Å². The predicted octanol–water partition coefficient (Wildman–Crippen LogP) is 1.71. The van der Waals surface area contributed by atoms with Crippen LogP contribution >= 0.6 is 0 Å². The number of nitrogens with one attached hydrogen (secondary N) is 1. The molecule has 0 unspecified atom stereocenters. The Kier molecular flexibility index (Phi) is 6.93. The number of nitrogens with zero attached hydrogens (tertiary/aromatic N) is 1. The number of rotatable bonds is 6. The number of hydrogen-bond donors (Lipinski definition) is 2. The fraction of sp³-hybridized carbons (Fsp3) is 0.579. The van der Waals surface area contributed by atoms with Crippen molar-refractivity contribution in [1.82, 2.24) is 10.2 Å². The van der Waals surface area contributed by atoms with Gasteiger partial charge in [-0.3, -0.25) is 9.59 Å². The van der Waals surface area contributed by atoms with E-state index in [0.29, 0.717) is 19.0 Å². The zero-order valence-corrected chi connectivity index (χ0v) is 15.0. The summed E-state index contributed by atoms with van der Waals surface area (Å²) in [6.45, 7) is 5.13. The van der Waals surface area contributed by atoms with Crippen LogP contribution in [0, 0.1) is 17.7 Å². The predicted molar refractivity (Wildman–Crippen MR) is 95.2 cm³/mol. The van der Waals surface area contributed by atoms with Gasteiger partial charge in [-0.05, 0) is 48.8 Å². The van der Waals surface area contributed by atoms with Crippen molar-refractivity contribution in [3.63, 3.8) is 0 Å². The summed E-state index contributed by atoms with van der Waals surface area (Å²) >= 11 is 0. The van der Waals surface area contributed by atoms with Crippen molar-refractivity contribution in [3.8, 4) is 0 Å². The normalized spacial score (nSPS) is 16.8. The second kappa shape index (κ2) is 8.94. The molecule has 138 valence electrons. The van der Waals surface area contributed by atoms with E-state index in [1.54, 1.807) is 4.90 Å². The third-order valence-electron chi connectivity index (χ3n) is 4.84. The third-order valence-corrected chi connectivity index (χ3v) is 4.84. The SMILES string of the molecule is CC(C)[C@H](N)C(=O)NCC(=O)N1CCC(Cc2ccc(F)cc2)CC1. The first-order chi connectivity index (χ1) is 11.9. The molecule has 25 heavy (non-hydrogen) atoms. The average molecular weight is 349 g/mol. The zero-order chi connectivity index (χ0) is 18.4. The first-order valence-electron chi connectivity index (χ1n) is 8.92. The van der Waals surface area contributed by atoms with E-state index in [-0.39, 0.29) is 30.1 Å². The number of likely N-dealkylation sites (tertiary alicyclic amines) is 1. The summed E-state index contributed by atoms with van der Waals surface area (Å²) in [7, 11) is 0. The lowest BCUT2D eigenvalue weighted by Gasteiger charge is -2.32. The minimum absolute atomic E-state index is 0.00187. The summed E-state index contributed by atoms with van der Waals surface area (Å²) in [6.07, 6.45) is 2.74. The van der Waals surface area contributed by atoms with Gasteiger partial charge in [0.05, 0.1) is 12.6 Å². The van der Waals surface area contributed by atoms with Crippen LogP contribution in [-0.4, -0.2) is 42.4 Å². The Morgan fingerprint density at radius 3 is 2.40 bits per heavy atom. The fourth-order valence-corrected chi connectivity index (χ4v) is 3.04. The Morgan fingerprint density at radius 1 is 1.24 bits per heavy atom. The van der Waals surface area contributed by atoms with Crippen LogP contribution in [0.4, 0.5) is 4.39 Å². The van der Waals surface area contributed by atoms with E-state index in [9.17, 15) is 14.0 Å². The number of halogens is 1. The van der Waals surface area contributed by atoms with Crippen LogP contribution in [0.1, 0.15) is 32.3 Å². The minimum Gasteiger partial charge on any atom is -0.346 e. The quantitative estimate of drug-likeness (QED) is 0.821. The summed E-state index contributed by atoms with van der Waals surface area (Å²) in [6, 6.07) is 6.02. The standard InChI is InChI=1S/C19H28FN3O2/c1-13(2)18(21)19(25)22-12-17(24)23-9-7-15(8-10-23)11-14-3-5-16(20)6-4-14/h3-6,13,15,18H,7-12,21H2,1-2H3,(H,22,25)/t18-/m0/s1. The molecule has 0 aliphatic carbocycles. The minimum atomic E-state index is -0.589. The topological polar surface area (TPSA) is 75.4 Å². The van der Waals surface area contributed by atoms with Crippen molar-refractivity contribution in [2.45, 2.75) is 39.2 Å². The molecular weight excluding hydrogens is 321 g/mol. The van der Waals surface area contributed by atoms with Crippen molar-refractivity contribution < 1.29 is 14.0 Å². The van der Waals surface area contributed by atoms with Gasteiger partial charge in [-0.1, -0.05) is 26.0 Å². The molecule has 0 spiro atoms. The van der Waals surface area contributed by atoms with Gasteiger partial charge in [0.2, 0.25) is 11.8 Å². The summed E-state index contributed by atoms with van der Waals surface area (Å²) in [5, 5.41) is 2.63. The van der Waals surface area contributed by atoms with Gasteiger partial charge in [0.25, 0.3) is 0 Å². The highest BCUT2D eigenvalue weighted by atomic mass is 19.1. The molecule has 5 nitrogen and oxygen atoms in total. The first kappa shape index (κ1) is 19.4. The Bertz CT molecular complexity index is 581. The van der Waals surface area contributed by atoms with Gasteiger partial charge in [-0.15, -0.1) is 0 Å². The molecule has 1 heterocycles. The lowest BCUT2D eigenvalue weighted by atomic mass is 9.90. The van der Waals surface area contributed by atoms with Crippen LogP contribution in [0.5, 0.6) is 0 Å². The van der Waals surface area contributed by atoms with Crippen LogP contribution < -0.4 is 11.1 Å². The second-order valence-corrected chi connectivity index (χ2v) is 7.14. The number of piperidine rings is 1. The molecule has 0 saturated carbocycles. The molecule has 1 aliphatic heterocycles. The molecule has 0 radical (unpaired) electrons. The fourth-order valence-electron chi connectivity index (χ4n) is 3.04. The lowest BCUT2D eigenvalue weighted by molar-refractivity contribution is -0.134. The smallest absolute Gasteiger partial charge is 0.241 e. The number of benzene rings is 1. The van der Waals surface area contributed by atoms with Gasteiger partial charge >= 0.3 is 0 Å². The average Bonchev–Trinajstić information content (AvgIpc) is 2.61. The molecule has 6 heteroatoms. The van der Waals surface area contributed by atoms with Gasteiger partial charge in [-0.2, -0.15) is 0 Å². The molecule has 0 bridgehead atoms.